The number of aromatic nitrogens is 3. The van der Waals surface area contributed by atoms with Crippen LogP contribution in [0.25, 0.3) is 5.69 Å². The van der Waals surface area contributed by atoms with Crippen LogP contribution in [0.2, 0.25) is 0 Å². The second kappa shape index (κ2) is 8.25. The van der Waals surface area contributed by atoms with E-state index in [-0.39, 0.29) is 17.9 Å². The second-order valence-corrected chi connectivity index (χ2v) is 6.84. The highest BCUT2D eigenvalue weighted by Crippen LogP contribution is 2.25. The van der Waals surface area contributed by atoms with Crippen molar-refractivity contribution >= 4 is 5.91 Å². The van der Waals surface area contributed by atoms with Gasteiger partial charge in [-0.1, -0.05) is 31.0 Å². The van der Waals surface area contributed by atoms with E-state index in [0.717, 1.165) is 37.2 Å². The fourth-order valence-corrected chi connectivity index (χ4v) is 3.50. The van der Waals surface area contributed by atoms with Gasteiger partial charge in [0.15, 0.2) is 0 Å². The number of aryl methyl sites for hydroxylation is 1. The molecule has 134 valence electrons. The maximum Gasteiger partial charge on any atom is 0.222 e. The molecule has 6 heteroatoms. The molecule has 1 N–H and O–H groups in total. The molecule has 1 aromatic heterocycles. The zero-order valence-electron chi connectivity index (χ0n) is 14.7. The first-order valence-corrected chi connectivity index (χ1v) is 9.01. The maximum absolute atomic E-state index is 12.5. The van der Waals surface area contributed by atoms with Crippen molar-refractivity contribution < 1.29 is 9.90 Å². The molecule has 2 aromatic rings. The molecule has 6 nitrogen and oxygen atoms in total. The summed E-state index contributed by atoms with van der Waals surface area (Å²) in [4.78, 5) is 14.2. The lowest BCUT2D eigenvalue weighted by molar-refractivity contribution is -0.131. The highest BCUT2D eigenvalue weighted by atomic mass is 16.3. The molecule has 1 aliphatic rings. The number of carbonyl (C=O) groups excluding carboxylic acids is 1. The number of amides is 1. The standard InChI is InChI=1S/C19H26N4O2/c1-22(13-15-7-5-6-10-17(15)24)19(25)12-11-18-21-20-14-23(18)16-8-3-2-4-9-16/h2-4,8-9,14-15,17,24H,5-7,10-13H2,1H3. The summed E-state index contributed by atoms with van der Waals surface area (Å²) < 4.78 is 1.91. The van der Waals surface area contributed by atoms with Gasteiger partial charge < -0.3 is 10.0 Å². The Labute approximate surface area is 148 Å². The zero-order valence-corrected chi connectivity index (χ0v) is 14.7. The summed E-state index contributed by atoms with van der Waals surface area (Å²) in [7, 11) is 1.82. The van der Waals surface area contributed by atoms with Crippen molar-refractivity contribution in [1.82, 2.24) is 19.7 Å². The molecule has 2 unspecified atom stereocenters. The molecule has 1 amide bonds. The third kappa shape index (κ3) is 4.45. The van der Waals surface area contributed by atoms with E-state index in [9.17, 15) is 9.90 Å². The molecule has 0 radical (unpaired) electrons. The average Bonchev–Trinajstić information content (AvgIpc) is 3.11. The molecule has 1 heterocycles. The molecule has 0 aliphatic heterocycles. The van der Waals surface area contributed by atoms with Gasteiger partial charge in [0.25, 0.3) is 0 Å². The number of hydrogen-bond donors (Lipinski definition) is 1. The van der Waals surface area contributed by atoms with E-state index >= 15 is 0 Å². The van der Waals surface area contributed by atoms with Gasteiger partial charge in [0.1, 0.15) is 12.2 Å². The van der Waals surface area contributed by atoms with Crippen LogP contribution in [0.3, 0.4) is 0 Å². The Kier molecular flexibility index (Phi) is 5.81. The van der Waals surface area contributed by atoms with Gasteiger partial charge in [0, 0.05) is 38.0 Å². The number of rotatable bonds is 6. The molecule has 0 bridgehead atoms. The van der Waals surface area contributed by atoms with Crippen molar-refractivity contribution in [1.29, 1.82) is 0 Å². The van der Waals surface area contributed by atoms with Crippen LogP contribution >= 0.6 is 0 Å². The lowest BCUT2D eigenvalue weighted by Gasteiger charge is -2.31. The molecule has 2 atom stereocenters. The topological polar surface area (TPSA) is 71.2 Å². The molecular weight excluding hydrogens is 316 g/mol. The van der Waals surface area contributed by atoms with E-state index in [1.165, 1.54) is 0 Å². The quantitative estimate of drug-likeness (QED) is 0.874. The van der Waals surface area contributed by atoms with Gasteiger partial charge in [-0.15, -0.1) is 10.2 Å². The Bertz CT molecular complexity index is 686. The molecule has 1 fully saturated rings. The van der Waals surface area contributed by atoms with E-state index in [1.54, 1.807) is 11.2 Å². The Balaban J connectivity index is 1.55. The van der Waals surface area contributed by atoms with Gasteiger partial charge in [-0.25, -0.2) is 0 Å². The van der Waals surface area contributed by atoms with E-state index in [1.807, 2.05) is 41.9 Å². The van der Waals surface area contributed by atoms with Crippen LogP contribution in [0.15, 0.2) is 36.7 Å². The smallest absolute Gasteiger partial charge is 0.222 e. The van der Waals surface area contributed by atoms with Crippen LogP contribution in [0.5, 0.6) is 0 Å². The van der Waals surface area contributed by atoms with Crippen LogP contribution in [0.4, 0.5) is 0 Å². The van der Waals surface area contributed by atoms with E-state index in [2.05, 4.69) is 10.2 Å². The molecule has 3 rings (SSSR count). The second-order valence-electron chi connectivity index (χ2n) is 6.84. The van der Waals surface area contributed by atoms with Gasteiger partial charge >= 0.3 is 0 Å². The normalized spacial score (nSPS) is 20.4. The zero-order chi connectivity index (χ0) is 17.6. The minimum absolute atomic E-state index is 0.0837. The Hall–Kier alpha value is -2.21. The number of aliphatic hydroxyl groups is 1. The highest BCUT2D eigenvalue weighted by molar-refractivity contribution is 5.76. The van der Waals surface area contributed by atoms with Crippen LogP contribution in [0.1, 0.15) is 37.9 Å². The Morgan fingerprint density at radius 1 is 1.28 bits per heavy atom. The van der Waals surface area contributed by atoms with Crippen molar-refractivity contribution in [2.24, 2.45) is 5.92 Å². The lowest BCUT2D eigenvalue weighted by atomic mass is 9.86. The number of hydrogen-bond acceptors (Lipinski definition) is 4. The number of nitrogens with zero attached hydrogens (tertiary/aromatic N) is 4. The summed E-state index contributed by atoms with van der Waals surface area (Å²) in [6, 6.07) is 9.88. The largest absolute Gasteiger partial charge is 0.393 e. The van der Waals surface area contributed by atoms with Gasteiger partial charge in [-0.05, 0) is 25.0 Å². The molecular formula is C19H26N4O2. The minimum atomic E-state index is -0.273. The van der Waals surface area contributed by atoms with E-state index in [4.69, 9.17) is 0 Å². The first kappa shape index (κ1) is 17.6. The number of benzene rings is 1. The molecule has 25 heavy (non-hydrogen) atoms. The molecule has 1 saturated carbocycles. The summed E-state index contributed by atoms with van der Waals surface area (Å²) in [5.74, 6) is 1.07. The minimum Gasteiger partial charge on any atom is -0.393 e. The molecule has 1 aliphatic carbocycles. The molecule has 0 saturated heterocycles. The van der Waals surface area contributed by atoms with Crippen LogP contribution in [-0.4, -0.2) is 50.4 Å². The summed E-state index contributed by atoms with van der Waals surface area (Å²) >= 11 is 0. The predicted molar refractivity (Wildman–Crippen MR) is 95.3 cm³/mol. The van der Waals surface area contributed by atoms with Crippen LogP contribution < -0.4 is 0 Å². The Morgan fingerprint density at radius 2 is 2.04 bits per heavy atom. The van der Waals surface area contributed by atoms with Crippen LogP contribution in [0, 0.1) is 5.92 Å². The first-order chi connectivity index (χ1) is 12.1. The summed E-state index contributed by atoms with van der Waals surface area (Å²) in [5.41, 5.74) is 0.994. The third-order valence-corrected chi connectivity index (χ3v) is 5.02. The SMILES string of the molecule is CN(CC1CCCCC1O)C(=O)CCc1nncn1-c1ccccc1. The maximum atomic E-state index is 12.5. The lowest BCUT2D eigenvalue weighted by Crippen LogP contribution is -2.38. The first-order valence-electron chi connectivity index (χ1n) is 9.01. The number of para-hydroxylation sites is 1. The summed E-state index contributed by atoms with van der Waals surface area (Å²) in [5, 5.41) is 18.2. The fourth-order valence-electron chi connectivity index (χ4n) is 3.50. The van der Waals surface area contributed by atoms with E-state index in [0.29, 0.717) is 19.4 Å². The molecule has 1 aromatic carbocycles. The van der Waals surface area contributed by atoms with Crippen LogP contribution in [-0.2, 0) is 11.2 Å². The Morgan fingerprint density at radius 3 is 2.80 bits per heavy atom. The monoisotopic (exact) mass is 342 g/mol. The van der Waals surface area contributed by atoms with Crippen molar-refractivity contribution in [2.45, 2.75) is 44.6 Å². The average molecular weight is 342 g/mol. The van der Waals surface area contributed by atoms with Crippen molar-refractivity contribution in [3.05, 3.63) is 42.5 Å². The van der Waals surface area contributed by atoms with E-state index < -0.39 is 0 Å². The number of carbonyl (C=O) groups is 1. The van der Waals surface area contributed by atoms with Crippen molar-refractivity contribution in [2.75, 3.05) is 13.6 Å². The van der Waals surface area contributed by atoms with Gasteiger partial charge in [-0.3, -0.25) is 9.36 Å². The van der Waals surface area contributed by atoms with Gasteiger partial charge in [-0.2, -0.15) is 0 Å². The molecule has 0 spiro atoms. The van der Waals surface area contributed by atoms with Crippen molar-refractivity contribution in [3.8, 4) is 5.69 Å². The summed E-state index contributed by atoms with van der Waals surface area (Å²) in [6.07, 6.45) is 6.43. The third-order valence-electron chi connectivity index (χ3n) is 5.02. The fraction of sp³-hybridized carbons (Fsp3) is 0.526. The summed E-state index contributed by atoms with van der Waals surface area (Å²) in [6.45, 7) is 0.630. The van der Waals surface area contributed by atoms with Gasteiger partial charge in [0.05, 0.1) is 6.10 Å². The number of aliphatic hydroxyl groups excluding tert-OH is 1. The van der Waals surface area contributed by atoms with Crippen molar-refractivity contribution in [3.63, 3.8) is 0 Å². The predicted octanol–water partition coefficient (Wildman–Crippen LogP) is 2.21. The van der Waals surface area contributed by atoms with Gasteiger partial charge in [0.2, 0.25) is 5.91 Å². The highest BCUT2D eigenvalue weighted by Gasteiger charge is 2.25.